The molecule has 1 N–H and O–H groups in total. The lowest BCUT2D eigenvalue weighted by atomic mass is 10.0. The van der Waals surface area contributed by atoms with Crippen molar-refractivity contribution in [1.29, 1.82) is 0 Å². The highest BCUT2D eigenvalue weighted by molar-refractivity contribution is 9.10. The maximum atomic E-state index is 13.1. The molecular weight excluding hydrogens is 293 g/mol. The maximum Gasteiger partial charge on any atom is 0.125 e. The van der Waals surface area contributed by atoms with Crippen LogP contribution in [0.1, 0.15) is 24.9 Å². The van der Waals surface area contributed by atoms with Gasteiger partial charge in [-0.2, -0.15) is 0 Å². The molecule has 3 heteroatoms. The van der Waals surface area contributed by atoms with E-state index in [1.165, 1.54) is 17.7 Å². The van der Waals surface area contributed by atoms with Crippen molar-refractivity contribution in [3.05, 3.63) is 64.4 Å². The zero-order chi connectivity index (χ0) is 13.0. The SMILES string of the molecule is CCC(Nc1cccc(F)c1)c1ccc(Br)cc1. The molecule has 1 atom stereocenters. The largest absolute Gasteiger partial charge is 0.378 e. The molecule has 0 bridgehead atoms. The summed E-state index contributed by atoms with van der Waals surface area (Å²) >= 11 is 3.42. The summed E-state index contributed by atoms with van der Waals surface area (Å²) in [5.41, 5.74) is 2.01. The van der Waals surface area contributed by atoms with Crippen LogP contribution in [-0.2, 0) is 0 Å². The van der Waals surface area contributed by atoms with Crippen molar-refractivity contribution in [3.63, 3.8) is 0 Å². The number of hydrogen-bond acceptors (Lipinski definition) is 1. The van der Waals surface area contributed by atoms with Crippen molar-refractivity contribution >= 4 is 21.6 Å². The van der Waals surface area contributed by atoms with Crippen LogP contribution in [0.15, 0.2) is 53.0 Å². The highest BCUT2D eigenvalue weighted by atomic mass is 79.9. The molecule has 18 heavy (non-hydrogen) atoms. The van der Waals surface area contributed by atoms with E-state index < -0.39 is 0 Å². The normalized spacial score (nSPS) is 12.2. The highest BCUT2D eigenvalue weighted by Gasteiger charge is 2.09. The number of rotatable bonds is 4. The van der Waals surface area contributed by atoms with Crippen LogP contribution in [0.3, 0.4) is 0 Å². The third-order valence-corrected chi connectivity index (χ3v) is 3.37. The Morgan fingerprint density at radius 3 is 2.50 bits per heavy atom. The van der Waals surface area contributed by atoms with Gasteiger partial charge in [-0.15, -0.1) is 0 Å². The van der Waals surface area contributed by atoms with E-state index in [9.17, 15) is 4.39 Å². The molecule has 0 spiro atoms. The van der Waals surface area contributed by atoms with Crippen molar-refractivity contribution in [1.82, 2.24) is 0 Å². The molecule has 0 radical (unpaired) electrons. The summed E-state index contributed by atoms with van der Waals surface area (Å²) in [6, 6.07) is 14.9. The topological polar surface area (TPSA) is 12.0 Å². The van der Waals surface area contributed by atoms with E-state index >= 15 is 0 Å². The summed E-state index contributed by atoms with van der Waals surface area (Å²) in [4.78, 5) is 0. The Balaban J connectivity index is 2.17. The second-order valence-electron chi connectivity index (χ2n) is 4.17. The Bertz CT molecular complexity index is 510. The molecule has 0 fully saturated rings. The van der Waals surface area contributed by atoms with E-state index in [0.29, 0.717) is 0 Å². The van der Waals surface area contributed by atoms with Gasteiger partial charge in [-0.3, -0.25) is 0 Å². The minimum Gasteiger partial charge on any atom is -0.378 e. The van der Waals surface area contributed by atoms with E-state index in [-0.39, 0.29) is 11.9 Å². The molecule has 0 heterocycles. The first-order valence-electron chi connectivity index (χ1n) is 5.96. The van der Waals surface area contributed by atoms with Gasteiger partial charge in [0.05, 0.1) is 6.04 Å². The highest BCUT2D eigenvalue weighted by Crippen LogP contribution is 2.24. The number of benzene rings is 2. The van der Waals surface area contributed by atoms with E-state index in [1.807, 2.05) is 18.2 Å². The van der Waals surface area contributed by atoms with Gasteiger partial charge >= 0.3 is 0 Å². The minimum absolute atomic E-state index is 0.194. The van der Waals surface area contributed by atoms with Crippen molar-refractivity contribution < 1.29 is 4.39 Å². The lowest BCUT2D eigenvalue weighted by Gasteiger charge is -2.19. The van der Waals surface area contributed by atoms with Crippen molar-refractivity contribution in [2.75, 3.05) is 5.32 Å². The van der Waals surface area contributed by atoms with E-state index in [2.05, 4.69) is 40.3 Å². The van der Waals surface area contributed by atoms with Crippen LogP contribution in [0.5, 0.6) is 0 Å². The van der Waals surface area contributed by atoms with Crippen molar-refractivity contribution in [3.8, 4) is 0 Å². The summed E-state index contributed by atoms with van der Waals surface area (Å²) in [5.74, 6) is -0.217. The molecule has 2 aromatic rings. The summed E-state index contributed by atoms with van der Waals surface area (Å²) in [5, 5.41) is 3.35. The van der Waals surface area contributed by atoms with Crippen LogP contribution < -0.4 is 5.32 Å². The van der Waals surface area contributed by atoms with Crippen LogP contribution >= 0.6 is 15.9 Å². The Kier molecular flexibility index (Phi) is 4.37. The van der Waals surface area contributed by atoms with Crippen molar-refractivity contribution in [2.45, 2.75) is 19.4 Å². The second kappa shape index (κ2) is 6.01. The Labute approximate surface area is 115 Å². The number of halogens is 2. The first kappa shape index (κ1) is 13.1. The van der Waals surface area contributed by atoms with Gasteiger partial charge in [0.2, 0.25) is 0 Å². The lowest BCUT2D eigenvalue weighted by Crippen LogP contribution is -2.09. The fraction of sp³-hybridized carbons (Fsp3) is 0.200. The average Bonchev–Trinajstić information content (AvgIpc) is 2.37. The smallest absolute Gasteiger partial charge is 0.125 e. The van der Waals surface area contributed by atoms with Gasteiger partial charge in [-0.1, -0.05) is 41.1 Å². The molecule has 1 nitrogen and oxygen atoms in total. The van der Waals surface area contributed by atoms with Gasteiger partial charge in [0.15, 0.2) is 0 Å². The van der Waals surface area contributed by atoms with Gasteiger partial charge in [0.1, 0.15) is 5.82 Å². The molecule has 2 aromatic carbocycles. The molecule has 0 saturated heterocycles. The first-order chi connectivity index (χ1) is 8.69. The number of anilines is 1. The molecular formula is C15H15BrFN. The molecule has 0 aromatic heterocycles. The van der Waals surface area contributed by atoms with Crippen LogP contribution in [-0.4, -0.2) is 0 Å². The summed E-state index contributed by atoms with van der Waals surface area (Å²) in [7, 11) is 0. The minimum atomic E-state index is -0.217. The quantitative estimate of drug-likeness (QED) is 0.823. The number of nitrogens with one attached hydrogen (secondary N) is 1. The molecule has 0 amide bonds. The zero-order valence-corrected chi connectivity index (χ0v) is 11.7. The fourth-order valence-electron chi connectivity index (χ4n) is 1.90. The standard InChI is InChI=1S/C15H15BrFN/c1-2-15(11-6-8-12(16)9-7-11)18-14-5-3-4-13(17)10-14/h3-10,15,18H,2H2,1H3. The van der Waals surface area contributed by atoms with Crippen LogP contribution in [0.2, 0.25) is 0 Å². The third-order valence-electron chi connectivity index (χ3n) is 2.85. The number of hydrogen-bond donors (Lipinski definition) is 1. The molecule has 0 aliphatic rings. The van der Waals surface area contributed by atoms with Gasteiger partial charge in [0.25, 0.3) is 0 Å². The lowest BCUT2D eigenvalue weighted by molar-refractivity contribution is 0.627. The predicted molar refractivity (Wildman–Crippen MR) is 77.2 cm³/mol. The van der Waals surface area contributed by atoms with Crippen molar-refractivity contribution in [2.24, 2.45) is 0 Å². The average molecular weight is 308 g/mol. The molecule has 1 unspecified atom stereocenters. The summed E-state index contributed by atoms with van der Waals surface area (Å²) < 4.78 is 14.2. The molecule has 0 aliphatic heterocycles. The molecule has 0 aliphatic carbocycles. The van der Waals surface area contributed by atoms with Gasteiger partial charge in [0, 0.05) is 10.2 Å². The molecule has 2 rings (SSSR count). The fourth-order valence-corrected chi connectivity index (χ4v) is 2.16. The Morgan fingerprint density at radius 2 is 1.89 bits per heavy atom. The Hall–Kier alpha value is -1.35. The first-order valence-corrected chi connectivity index (χ1v) is 6.76. The van der Waals surface area contributed by atoms with Gasteiger partial charge in [-0.05, 0) is 42.3 Å². The maximum absolute atomic E-state index is 13.1. The zero-order valence-electron chi connectivity index (χ0n) is 10.2. The molecule has 94 valence electrons. The van der Waals surface area contributed by atoms with Crippen LogP contribution in [0, 0.1) is 5.82 Å². The van der Waals surface area contributed by atoms with Crippen LogP contribution in [0.4, 0.5) is 10.1 Å². The third kappa shape index (κ3) is 3.33. The summed E-state index contributed by atoms with van der Waals surface area (Å²) in [6.07, 6.45) is 0.943. The summed E-state index contributed by atoms with van der Waals surface area (Å²) in [6.45, 7) is 2.11. The van der Waals surface area contributed by atoms with Gasteiger partial charge < -0.3 is 5.32 Å². The van der Waals surface area contributed by atoms with E-state index in [1.54, 1.807) is 6.07 Å². The van der Waals surface area contributed by atoms with Gasteiger partial charge in [-0.25, -0.2) is 4.39 Å². The van der Waals surface area contributed by atoms with E-state index in [0.717, 1.165) is 16.6 Å². The Morgan fingerprint density at radius 1 is 1.17 bits per heavy atom. The predicted octanol–water partition coefficient (Wildman–Crippen LogP) is 5.15. The van der Waals surface area contributed by atoms with Crippen LogP contribution in [0.25, 0.3) is 0 Å². The monoisotopic (exact) mass is 307 g/mol. The van der Waals surface area contributed by atoms with E-state index in [4.69, 9.17) is 0 Å². The second-order valence-corrected chi connectivity index (χ2v) is 5.08. The molecule has 0 saturated carbocycles.